The van der Waals surface area contributed by atoms with Crippen molar-refractivity contribution in [3.8, 4) is 11.8 Å². The van der Waals surface area contributed by atoms with Crippen LogP contribution in [0.5, 0.6) is 11.8 Å². The molecule has 0 amide bonds. The summed E-state index contributed by atoms with van der Waals surface area (Å²) in [5, 5.41) is 3.18. The highest BCUT2D eigenvalue weighted by Gasteiger charge is 2.13. The number of halogens is 1. The van der Waals surface area contributed by atoms with Crippen molar-refractivity contribution in [2.75, 3.05) is 25.4 Å². The van der Waals surface area contributed by atoms with Gasteiger partial charge < -0.3 is 14.8 Å². The lowest BCUT2D eigenvalue weighted by molar-refractivity contribution is 0.372. The molecular weight excluding hydrogens is 278 g/mol. The van der Waals surface area contributed by atoms with Gasteiger partial charge >= 0.3 is 0 Å². The third-order valence-corrected chi connectivity index (χ3v) is 3.07. The van der Waals surface area contributed by atoms with E-state index < -0.39 is 0 Å². The van der Waals surface area contributed by atoms with Crippen molar-refractivity contribution in [1.82, 2.24) is 9.97 Å². The number of nitrogens with zero attached hydrogens (tertiary/aromatic N) is 2. The number of aromatic nitrogens is 2. The molecule has 0 fully saturated rings. The number of ether oxygens (including phenoxy) is 2. The molecule has 0 radical (unpaired) electrons. The molecule has 0 aliphatic carbocycles. The zero-order valence-electron chi connectivity index (χ0n) is 11.3. The third kappa shape index (κ3) is 3.51. The number of methoxy groups -OCH3 is 2. The number of nitrogens with one attached hydrogen (secondary N) is 1. The van der Waals surface area contributed by atoms with Crippen molar-refractivity contribution in [3.63, 3.8) is 0 Å². The number of rotatable bonds is 6. The van der Waals surface area contributed by atoms with E-state index in [1.165, 1.54) is 0 Å². The molecule has 5 nitrogen and oxygen atoms in total. The first-order valence-electron chi connectivity index (χ1n) is 6.11. The maximum atomic E-state index is 6.02. The van der Waals surface area contributed by atoms with Crippen LogP contribution in [-0.2, 0) is 0 Å². The summed E-state index contributed by atoms with van der Waals surface area (Å²) in [7, 11) is 3.09. The fourth-order valence-corrected chi connectivity index (χ4v) is 1.99. The van der Waals surface area contributed by atoms with E-state index in [-0.39, 0.29) is 6.04 Å². The molecule has 1 atom stereocenters. The fourth-order valence-electron chi connectivity index (χ4n) is 1.73. The molecule has 1 N–H and O–H groups in total. The van der Waals surface area contributed by atoms with Crippen LogP contribution in [0.1, 0.15) is 11.6 Å². The van der Waals surface area contributed by atoms with E-state index in [1.807, 2.05) is 30.3 Å². The van der Waals surface area contributed by atoms with Crippen molar-refractivity contribution < 1.29 is 9.47 Å². The minimum absolute atomic E-state index is 0.0883. The van der Waals surface area contributed by atoms with E-state index in [9.17, 15) is 0 Å². The molecule has 0 aliphatic heterocycles. The number of alkyl halides is 1. The van der Waals surface area contributed by atoms with Crippen molar-refractivity contribution in [1.29, 1.82) is 0 Å². The van der Waals surface area contributed by atoms with Crippen LogP contribution in [0.15, 0.2) is 36.4 Å². The van der Waals surface area contributed by atoms with Crippen molar-refractivity contribution in [2.24, 2.45) is 0 Å². The normalized spacial score (nSPS) is 11.8. The molecule has 6 heteroatoms. The van der Waals surface area contributed by atoms with Gasteiger partial charge in [0.1, 0.15) is 0 Å². The van der Waals surface area contributed by atoms with Gasteiger partial charge in [-0.25, -0.2) is 0 Å². The molecule has 106 valence electrons. The zero-order valence-corrected chi connectivity index (χ0v) is 12.1. The Kier molecular flexibility index (Phi) is 5.01. The van der Waals surface area contributed by atoms with Crippen molar-refractivity contribution in [3.05, 3.63) is 42.0 Å². The Labute approximate surface area is 122 Å². The molecule has 1 aromatic carbocycles. The molecule has 0 spiro atoms. The lowest BCUT2D eigenvalue weighted by Crippen LogP contribution is -2.14. The second-order valence-corrected chi connectivity index (χ2v) is 4.35. The van der Waals surface area contributed by atoms with Gasteiger partial charge in [-0.15, -0.1) is 11.6 Å². The van der Waals surface area contributed by atoms with E-state index in [1.54, 1.807) is 20.3 Å². The van der Waals surface area contributed by atoms with E-state index in [2.05, 4.69) is 15.3 Å². The highest BCUT2D eigenvalue weighted by atomic mass is 35.5. The molecule has 0 bridgehead atoms. The number of benzene rings is 1. The Morgan fingerprint density at radius 2 is 1.70 bits per heavy atom. The van der Waals surface area contributed by atoms with Gasteiger partial charge in [-0.1, -0.05) is 30.3 Å². The highest BCUT2D eigenvalue weighted by Crippen LogP contribution is 2.22. The minimum Gasteiger partial charge on any atom is -0.481 e. The summed E-state index contributed by atoms with van der Waals surface area (Å²) in [6.07, 6.45) is 0. The SMILES string of the molecule is COc1cc(OC)nc(NC(CCl)c2ccccc2)n1. The summed E-state index contributed by atoms with van der Waals surface area (Å²) in [5.74, 6) is 1.67. The van der Waals surface area contributed by atoms with Crippen LogP contribution in [0.2, 0.25) is 0 Å². The van der Waals surface area contributed by atoms with E-state index in [0.717, 1.165) is 5.56 Å². The van der Waals surface area contributed by atoms with Gasteiger partial charge in [-0.05, 0) is 5.56 Å². The predicted octanol–water partition coefficient (Wildman–Crippen LogP) is 2.89. The molecule has 1 unspecified atom stereocenters. The summed E-state index contributed by atoms with van der Waals surface area (Å²) in [5.41, 5.74) is 1.06. The first-order chi connectivity index (χ1) is 9.76. The quantitative estimate of drug-likeness (QED) is 0.830. The summed E-state index contributed by atoms with van der Waals surface area (Å²) in [4.78, 5) is 8.46. The molecule has 2 rings (SSSR count). The smallest absolute Gasteiger partial charge is 0.229 e. The zero-order chi connectivity index (χ0) is 14.4. The van der Waals surface area contributed by atoms with Crippen LogP contribution in [0.25, 0.3) is 0 Å². The van der Waals surface area contributed by atoms with E-state index in [0.29, 0.717) is 23.6 Å². The van der Waals surface area contributed by atoms with E-state index >= 15 is 0 Å². The summed E-state index contributed by atoms with van der Waals surface area (Å²) in [6.45, 7) is 0. The van der Waals surface area contributed by atoms with Crippen LogP contribution >= 0.6 is 11.6 Å². The Hall–Kier alpha value is -2.01. The lowest BCUT2D eigenvalue weighted by atomic mass is 10.1. The molecule has 0 aliphatic rings. The molecule has 0 saturated heterocycles. The second kappa shape index (κ2) is 6.96. The number of hydrogen-bond donors (Lipinski definition) is 1. The average Bonchev–Trinajstić information content (AvgIpc) is 2.53. The standard InChI is InChI=1S/C14H16ClN3O2/c1-19-12-8-13(20-2)18-14(17-12)16-11(9-15)10-6-4-3-5-7-10/h3-8,11H,9H2,1-2H3,(H,16,17,18). The Bertz CT molecular complexity index is 529. The molecule has 1 aromatic heterocycles. The van der Waals surface area contributed by atoms with Gasteiger partial charge in [-0.2, -0.15) is 9.97 Å². The topological polar surface area (TPSA) is 56.3 Å². The number of hydrogen-bond acceptors (Lipinski definition) is 5. The van der Waals surface area contributed by atoms with Gasteiger partial charge in [0.25, 0.3) is 0 Å². The average molecular weight is 294 g/mol. The summed E-state index contributed by atoms with van der Waals surface area (Å²) in [6, 6.07) is 11.4. The van der Waals surface area contributed by atoms with Gasteiger partial charge in [0.15, 0.2) is 0 Å². The largest absolute Gasteiger partial charge is 0.481 e. The first kappa shape index (κ1) is 14.4. The highest BCUT2D eigenvalue weighted by molar-refractivity contribution is 6.18. The Morgan fingerprint density at radius 1 is 1.10 bits per heavy atom. The van der Waals surface area contributed by atoms with Crippen LogP contribution < -0.4 is 14.8 Å². The minimum atomic E-state index is -0.0883. The van der Waals surface area contributed by atoms with Gasteiger partial charge in [-0.3, -0.25) is 0 Å². The molecular formula is C14H16ClN3O2. The predicted molar refractivity (Wildman–Crippen MR) is 78.7 cm³/mol. The third-order valence-electron chi connectivity index (χ3n) is 2.76. The van der Waals surface area contributed by atoms with Crippen LogP contribution in [0.4, 0.5) is 5.95 Å². The van der Waals surface area contributed by atoms with Gasteiger partial charge in [0.2, 0.25) is 17.7 Å². The second-order valence-electron chi connectivity index (χ2n) is 4.04. The summed E-state index contributed by atoms with van der Waals surface area (Å²) >= 11 is 6.02. The molecule has 0 saturated carbocycles. The van der Waals surface area contributed by atoms with Gasteiger partial charge in [0, 0.05) is 5.88 Å². The molecule has 1 heterocycles. The maximum absolute atomic E-state index is 6.02. The van der Waals surface area contributed by atoms with Crippen molar-refractivity contribution >= 4 is 17.5 Å². The van der Waals surface area contributed by atoms with Crippen LogP contribution in [-0.4, -0.2) is 30.1 Å². The lowest BCUT2D eigenvalue weighted by Gasteiger charge is -2.17. The fraction of sp³-hybridized carbons (Fsp3) is 0.286. The summed E-state index contributed by atoms with van der Waals surface area (Å²) < 4.78 is 10.2. The van der Waals surface area contributed by atoms with Crippen molar-refractivity contribution in [2.45, 2.75) is 6.04 Å². The Balaban J connectivity index is 2.23. The first-order valence-corrected chi connectivity index (χ1v) is 6.64. The maximum Gasteiger partial charge on any atom is 0.229 e. The Morgan fingerprint density at radius 3 is 2.20 bits per heavy atom. The molecule has 20 heavy (non-hydrogen) atoms. The van der Waals surface area contributed by atoms with E-state index in [4.69, 9.17) is 21.1 Å². The van der Waals surface area contributed by atoms with Crippen LogP contribution in [0.3, 0.4) is 0 Å². The van der Waals surface area contributed by atoms with Gasteiger partial charge in [0.05, 0.1) is 26.3 Å². The van der Waals surface area contributed by atoms with Crippen LogP contribution in [0, 0.1) is 0 Å². The molecule has 2 aromatic rings. The number of anilines is 1. The monoisotopic (exact) mass is 293 g/mol.